The molecule has 5 rings (SSSR count). The number of anilines is 1. The highest BCUT2D eigenvalue weighted by Gasteiger charge is 2.27. The minimum absolute atomic E-state index is 0.0411. The minimum Gasteiger partial charge on any atom is -0.351 e. The van der Waals surface area contributed by atoms with Crippen LogP contribution in [0.5, 0.6) is 0 Å². The van der Waals surface area contributed by atoms with E-state index in [1.165, 1.54) is 11.3 Å². The molecule has 1 saturated heterocycles. The third-order valence-electron chi connectivity index (χ3n) is 4.78. The van der Waals surface area contributed by atoms with Crippen molar-refractivity contribution in [3.8, 4) is 10.6 Å². The lowest BCUT2D eigenvalue weighted by molar-refractivity contribution is 0.0936. The molecule has 140 valence electrons. The number of carbonyl (C=O) groups excluding carboxylic acids is 1. The van der Waals surface area contributed by atoms with Gasteiger partial charge in [0.2, 0.25) is 5.65 Å². The Hall–Kier alpha value is -3.33. The maximum atomic E-state index is 12.6. The second-order valence-electron chi connectivity index (χ2n) is 6.62. The normalized spacial score (nSPS) is 16.6. The van der Waals surface area contributed by atoms with Gasteiger partial charge in [0.15, 0.2) is 5.82 Å². The van der Waals surface area contributed by atoms with Crippen molar-refractivity contribution in [2.24, 2.45) is 0 Å². The first-order chi connectivity index (χ1) is 13.8. The maximum absolute atomic E-state index is 12.6. The van der Waals surface area contributed by atoms with Gasteiger partial charge in [-0.1, -0.05) is 30.3 Å². The van der Waals surface area contributed by atoms with E-state index in [4.69, 9.17) is 0 Å². The van der Waals surface area contributed by atoms with Gasteiger partial charge < -0.3 is 10.2 Å². The van der Waals surface area contributed by atoms with Crippen LogP contribution in [0.25, 0.3) is 16.2 Å². The van der Waals surface area contributed by atoms with E-state index in [-0.39, 0.29) is 11.9 Å². The number of hydrogen-bond donors (Lipinski definition) is 1. The van der Waals surface area contributed by atoms with Crippen molar-refractivity contribution < 1.29 is 4.79 Å². The molecule has 0 bridgehead atoms. The van der Waals surface area contributed by atoms with Crippen molar-refractivity contribution in [2.45, 2.75) is 12.5 Å². The van der Waals surface area contributed by atoms with Gasteiger partial charge in [-0.15, -0.1) is 21.5 Å². The number of aromatic nitrogens is 5. The summed E-state index contributed by atoms with van der Waals surface area (Å²) in [5.74, 6) is 0.649. The zero-order valence-corrected chi connectivity index (χ0v) is 15.7. The average Bonchev–Trinajstić information content (AvgIpc) is 3.48. The van der Waals surface area contributed by atoms with Gasteiger partial charge in [-0.2, -0.15) is 0 Å². The molecule has 0 spiro atoms. The Morgan fingerprint density at radius 1 is 1.25 bits per heavy atom. The lowest BCUT2D eigenvalue weighted by atomic mass is 10.2. The van der Waals surface area contributed by atoms with Gasteiger partial charge in [0.1, 0.15) is 17.0 Å². The second kappa shape index (κ2) is 7.01. The first kappa shape index (κ1) is 16.8. The summed E-state index contributed by atoms with van der Waals surface area (Å²) in [5.41, 5.74) is 2.20. The van der Waals surface area contributed by atoms with Gasteiger partial charge in [0.05, 0.1) is 0 Å². The maximum Gasteiger partial charge on any atom is 0.271 e. The van der Waals surface area contributed by atoms with Crippen LogP contribution in [0.4, 0.5) is 5.82 Å². The smallest absolute Gasteiger partial charge is 0.271 e. The van der Waals surface area contributed by atoms with Crippen molar-refractivity contribution in [1.29, 1.82) is 0 Å². The molecule has 0 aliphatic carbocycles. The van der Waals surface area contributed by atoms with Crippen LogP contribution in [0.1, 0.15) is 16.9 Å². The third kappa shape index (κ3) is 3.09. The summed E-state index contributed by atoms with van der Waals surface area (Å²) < 4.78 is 1.84. The molecule has 1 fully saturated rings. The largest absolute Gasteiger partial charge is 0.351 e. The average molecular weight is 391 g/mol. The molecule has 1 aromatic carbocycles. The van der Waals surface area contributed by atoms with E-state index < -0.39 is 0 Å². The Morgan fingerprint density at radius 3 is 3.04 bits per heavy atom. The fourth-order valence-corrected chi connectivity index (χ4v) is 4.20. The highest BCUT2D eigenvalue weighted by molar-refractivity contribution is 7.13. The predicted molar refractivity (Wildman–Crippen MR) is 106 cm³/mol. The van der Waals surface area contributed by atoms with Crippen LogP contribution in [0.3, 0.4) is 0 Å². The summed E-state index contributed by atoms with van der Waals surface area (Å²) in [6.07, 6.45) is 6.05. The molecular weight excluding hydrogens is 374 g/mol. The Kier molecular flexibility index (Phi) is 4.21. The molecule has 0 unspecified atom stereocenters. The molecule has 28 heavy (non-hydrogen) atoms. The molecule has 1 amide bonds. The lowest BCUT2D eigenvalue weighted by Gasteiger charge is -2.17. The van der Waals surface area contributed by atoms with Crippen LogP contribution in [0, 0.1) is 0 Å². The topological polar surface area (TPSA) is 88.3 Å². The number of carbonyl (C=O) groups is 1. The van der Waals surface area contributed by atoms with E-state index >= 15 is 0 Å². The monoisotopic (exact) mass is 391 g/mol. The van der Waals surface area contributed by atoms with Crippen LogP contribution in [-0.4, -0.2) is 49.6 Å². The first-order valence-corrected chi connectivity index (χ1v) is 9.87. The summed E-state index contributed by atoms with van der Waals surface area (Å²) in [7, 11) is 0. The highest BCUT2D eigenvalue weighted by atomic mass is 32.1. The second-order valence-corrected chi connectivity index (χ2v) is 7.48. The van der Waals surface area contributed by atoms with Gasteiger partial charge in [-0.25, -0.2) is 9.97 Å². The predicted octanol–water partition coefficient (Wildman–Crippen LogP) is 2.26. The number of fused-ring (bicyclic) bond motifs is 1. The summed E-state index contributed by atoms with van der Waals surface area (Å²) in [5, 5.41) is 13.8. The number of thiazole rings is 1. The van der Waals surface area contributed by atoms with Gasteiger partial charge in [0.25, 0.3) is 5.91 Å². The van der Waals surface area contributed by atoms with Crippen LogP contribution in [0.15, 0.2) is 54.4 Å². The first-order valence-electron chi connectivity index (χ1n) is 8.99. The molecule has 1 atom stereocenters. The molecule has 9 heteroatoms. The molecule has 0 saturated carbocycles. The Balaban J connectivity index is 1.27. The van der Waals surface area contributed by atoms with Crippen LogP contribution in [-0.2, 0) is 0 Å². The summed E-state index contributed by atoms with van der Waals surface area (Å²) in [6, 6.07) is 9.92. The number of nitrogens with zero attached hydrogens (tertiary/aromatic N) is 6. The number of amides is 1. The van der Waals surface area contributed by atoms with Crippen molar-refractivity contribution in [3.63, 3.8) is 0 Å². The van der Waals surface area contributed by atoms with E-state index in [1.807, 2.05) is 46.3 Å². The molecule has 8 nitrogen and oxygen atoms in total. The van der Waals surface area contributed by atoms with Crippen molar-refractivity contribution in [1.82, 2.24) is 29.9 Å². The number of nitrogens with one attached hydrogen (secondary N) is 1. The summed E-state index contributed by atoms with van der Waals surface area (Å²) in [4.78, 5) is 23.7. The number of rotatable bonds is 4. The van der Waals surface area contributed by atoms with E-state index in [1.54, 1.807) is 12.5 Å². The van der Waals surface area contributed by atoms with E-state index in [0.29, 0.717) is 12.2 Å². The van der Waals surface area contributed by atoms with Crippen LogP contribution >= 0.6 is 11.3 Å². The quantitative estimate of drug-likeness (QED) is 0.574. The summed E-state index contributed by atoms with van der Waals surface area (Å²) >= 11 is 1.48. The van der Waals surface area contributed by atoms with E-state index in [0.717, 1.165) is 35.0 Å². The van der Waals surface area contributed by atoms with Gasteiger partial charge >= 0.3 is 0 Å². The van der Waals surface area contributed by atoms with Crippen molar-refractivity contribution >= 4 is 28.7 Å². The van der Waals surface area contributed by atoms with Crippen molar-refractivity contribution in [2.75, 3.05) is 18.0 Å². The molecule has 1 aliphatic rings. The van der Waals surface area contributed by atoms with Crippen LogP contribution < -0.4 is 10.2 Å². The molecule has 3 aromatic heterocycles. The molecule has 1 N–H and O–H groups in total. The lowest BCUT2D eigenvalue weighted by Crippen LogP contribution is -2.37. The molecule has 4 aromatic rings. The summed E-state index contributed by atoms with van der Waals surface area (Å²) in [6.45, 7) is 1.48. The fourth-order valence-electron chi connectivity index (χ4n) is 3.39. The number of hydrogen-bond acceptors (Lipinski definition) is 7. The van der Waals surface area contributed by atoms with E-state index in [2.05, 4.69) is 30.4 Å². The Labute approximate surface area is 164 Å². The van der Waals surface area contributed by atoms with Crippen molar-refractivity contribution in [3.05, 3.63) is 60.1 Å². The van der Waals surface area contributed by atoms with Gasteiger partial charge in [-0.3, -0.25) is 9.20 Å². The molecule has 1 aliphatic heterocycles. The van der Waals surface area contributed by atoms with E-state index in [9.17, 15) is 4.79 Å². The van der Waals surface area contributed by atoms with Crippen LogP contribution in [0.2, 0.25) is 0 Å². The van der Waals surface area contributed by atoms with Gasteiger partial charge in [0, 0.05) is 42.5 Å². The molecule has 0 radical (unpaired) electrons. The van der Waals surface area contributed by atoms with Gasteiger partial charge in [-0.05, 0) is 6.42 Å². The third-order valence-corrected chi connectivity index (χ3v) is 5.67. The highest BCUT2D eigenvalue weighted by Crippen LogP contribution is 2.24. The Bertz CT molecular complexity index is 1120. The molecular formula is C19H17N7OS. The Morgan fingerprint density at radius 2 is 2.14 bits per heavy atom. The number of benzene rings is 1. The SMILES string of the molecule is O=C(N[C@H]1CCN(c2nccn3cnnc23)C1)c1csc(-c2ccccc2)n1. The molecule has 4 heterocycles. The fraction of sp³-hybridized carbons (Fsp3) is 0.211. The standard InChI is InChI=1S/C19H17N7OS/c27-18(15-11-28-19(23-15)13-4-2-1-3-5-13)22-14-6-8-25(10-14)16-17-24-21-12-26(17)9-7-20-16/h1-5,7,9,11-12,14H,6,8,10H2,(H,22,27)/t14-/m0/s1. The zero-order chi connectivity index (χ0) is 18.9. The minimum atomic E-state index is -0.140. The zero-order valence-electron chi connectivity index (χ0n) is 14.9.